The van der Waals surface area contributed by atoms with Gasteiger partial charge in [-0.15, -0.1) is 0 Å². The first kappa shape index (κ1) is 13.5. The van der Waals surface area contributed by atoms with Crippen LogP contribution in [0, 0.1) is 5.41 Å². The van der Waals surface area contributed by atoms with Crippen molar-refractivity contribution in [1.82, 2.24) is 0 Å². The highest BCUT2D eigenvalue weighted by Crippen LogP contribution is 2.40. The largest absolute Gasteiger partial charge is 0.329 e. The summed E-state index contributed by atoms with van der Waals surface area (Å²) < 4.78 is 0. The van der Waals surface area contributed by atoms with E-state index in [9.17, 15) is 9.59 Å². The lowest BCUT2D eigenvalue weighted by molar-refractivity contribution is -0.129. The predicted molar refractivity (Wildman–Crippen MR) is 74.7 cm³/mol. The molecule has 1 aromatic carbocycles. The maximum atomic E-state index is 12.2. The SMILES string of the molecule is CC(=O)Nc1cccc(NC(=O)C2(CN)CCC2)c1. The molecule has 1 aliphatic rings. The minimum absolute atomic E-state index is 0.0266. The molecule has 0 radical (unpaired) electrons. The molecular formula is C14H19N3O2. The van der Waals surface area contributed by atoms with Gasteiger partial charge in [0.2, 0.25) is 11.8 Å². The van der Waals surface area contributed by atoms with Gasteiger partial charge in [-0.2, -0.15) is 0 Å². The number of hydrogen-bond donors (Lipinski definition) is 3. The molecule has 0 aliphatic heterocycles. The fourth-order valence-electron chi connectivity index (χ4n) is 2.27. The lowest BCUT2D eigenvalue weighted by Gasteiger charge is -2.39. The van der Waals surface area contributed by atoms with Gasteiger partial charge in [0.05, 0.1) is 5.41 Å². The summed E-state index contributed by atoms with van der Waals surface area (Å²) in [4.78, 5) is 23.2. The second-order valence-corrected chi connectivity index (χ2v) is 5.05. The van der Waals surface area contributed by atoms with Gasteiger partial charge < -0.3 is 16.4 Å². The Morgan fingerprint density at radius 3 is 2.37 bits per heavy atom. The van der Waals surface area contributed by atoms with Gasteiger partial charge in [0, 0.05) is 24.8 Å². The number of rotatable bonds is 4. The third-order valence-electron chi connectivity index (χ3n) is 3.62. The van der Waals surface area contributed by atoms with Crippen molar-refractivity contribution < 1.29 is 9.59 Å². The van der Waals surface area contributed by atoms with Crippen molar-refractivity contribution in [2.24, 2.45) is 11.1 Å². The summed E-state index contributed by atoms with van der Waals surface area (Å²) in [6, 6.07) is 7.10. The molecule has 2 rings (SSSR count). The monoisotopic (exact) mass is 261 g/mol. The molecule has 1 fully saturated rings. The first-order valence-electron chi connectivity index (χ1n) is 6.45. The lowest BCUT2D eigenvalue weighted by Crippen LogP contribution is -2.47. The van der Waals surface area contributed by atoms with Crippen molar-refractivity contribution in [1.29, 1.82) is 0 Å². The van der Waals surface area contributed by atoms with Crippen LogP contribution in [0.5, 0.6) is 0 Å². The van der Waals surface area contributed by atoms with Gasteiger partial charge in [0.15, 0.2) is 0 Å². The second kappa shape index (κ2) is 5.40. The van der Waals surface area contributed by atoms with Crippen molar-refractivity contribution in [2.45, 2.75) is 26.2 Å². The van der Waals surface area contributed by atoms with E-state index in [1.807, 2.05) is 0 Å². The molecule has 5 nitrogen and oxygen atoms in total. The number of carbonyl (C=O) groups excluding carboxylic acids is 2. The Morgan fingerprint density at radius 2 is 1.89 bits per heavy atom. The number of amides is 2. The minimum Gasteiger partial charge on any atom is -0.329 e. The molecular weight excluding hydrogens is 242 g/mol. The summed E-state index contributed by atoms with van der Waals surface area (Å²) in [6.45, 7) is 1.83. The molecule has 0 bridgehead atoms. The van der Waals surface area contributed by atoms with Crippen molar-refractivity contribution in [2.75, 3.05) is 17.2 Å². The maximum Gasteiger partial charge on any atom is 0.231 e. The van der Waals surface area contributed by atoms with Gasteiger partial charge in [0.25, 0.3) is 0 Å². The topological polar surface area (TPSA) is 84.2 Å². The van der Waals surface area contributed by atoms with Crippen LogP contribution in [-0.2, 0) is 9.59 Å². The number of anilines is 2. The van der Waals surface area contributed by atoms with E-state index < -0.39 is 5.41 Å². The Bertz CT molecular complexity index is 490. The minimum atomic E-state index is -0.399. The van der Waals surface area contributed by atoms with Crippen LogP contribution >= 0.6 is 0 Å². The molecule has 19 heavy (non-hydrogen) atoms. The lowest BCUT2D eigenvalue weighted by atomic mass is 9.68. The molecule has 4 N–H and O–H groups in total. The fraction of sp³-hybridized carbons (Fsp3) is 0.429. The molecule has 0 aromatic heterocycles. The smallest absolute Gasteiger partial charge is 0.231 e. The van der Waals surface area contributed by atoms with Gasteiger partial charge >= 0.3 is 0 Å². The number of nitrogens with one attached hydrogen (secondary N) is 2. The van der Waals surface area contributed by atoms with Crippen LogP contribution in [0.2, 0.25) is 0 Å². The van der Waals surface area contributed by atoms with Crippen LogP contribution in [0.1, 0.15) is 26.2 Å². The molecule has 0 spiro atoms. The fourth-order valence-corrected chi connectivity index (χ4v) is 2.27. The first-order chi connectivity index (χ1) is 9.05. The quantitative estimate of drug-likeness (QED) is 0.771. The summed E-state index contributed by atoms with van der Waals surface area (Å²) in [7, 11) is 0. The first-order valence-corrected chi connectivity index (χ1v) is 6.45. The summed E-state index contributed by atoms with van der Waals surface area (Å²) in [6.07, 6.45) is 2.75. The van der Waals surface area contributed by atoms with Gasteiger partial charge in [-0.3, -0.25) is 9.59 Å². The van der Waals surface area contributed by atoms with Crippen molar-refractivity contribution in [3.05, 3.63) is 24.3 Å². The average Bonchev–Trinajstić information content (AvgIpc) is 2.27. The van der Waals surface area contributed by atoms with Gasteiger partial charge in [-0.1, -0.05) is 12.5 Å². The van der Waals surface area contributed by atoms with E-state index in [0.29, 0.717) is 17.9 Å². The molecule has 1 saturated carbocycles. The highest BCUT2D eigenvalue weighted by molar-refractivity contribution is 5.97. The molecule has 2 amide bonds. The van der Waals surface area contributed by atoms with Crippen molar-refractivity contribution in [3.8, 4) is 0 Å². The molecule has 0 saturated heterocycles. The Balaban J connectivity index is 2.06. The van der Waals surface area contributed by atoms with Crippen LogP contribution < -0.4 is 16.4 Å². The van der Waals surface area contributed by atoms with Gasteiger partial charge in [0.1, 0.15) is 0 Å². The molecule has 5 heteroatoms. The molecule has 1 aromatic rings. The van der Waals surface area contributed by atoms with E-state index in [4.69, 9.17) is 5.73 Å². The highest BCUT2D eigenvalue weighted by Gasteiger charge is 2.42. The van der Waals surface area contributed by atoms with E-state index in [1.165, 1.54) is 6.92 Å². The molecule has 102 valence electrons. The normalized spacial score (nSPS) is 16.3. The number of carbonyl (C=O) groups is 2. The molecule has 1 aliphatic carbocycles. The third-order valence-corrected chi connectivity index (χ3v) is 3.62. The molecule has 0 unspecified atom stereocenters. The van der Waals surface area contributed by atoms with E-state index in [0.717, 1.165) is 19.3 Å². The summed E-state index contributed by atoms with van der Waals surface area (Å²) in [5.74, 6) is -0.165. The Morgan fingerprint density at radius 1 is 1.26 bits per heavy atom. The highest BCUT2D eigenvalue weighted by atomic mass is 16.2. The maximum absolute atomic E-state index is 12.2. The zero-order valence-corrected chi connectivity index (χ0v) is 11.0. The zero-order chi connectivity index (χ0) is 13.9. The van der Waals surface area contributed by atoms with Crippen molar-refractivity contribution >= 4 is 23.2 Å². The molecule has 0 heterocycles. The number of benzene rings is 1. The summed E-state index contributed by atoms with van der Waals surface area (Å²) in [5.41, 5.74) is 6.65. The summed E-state index contributed by atoms with van der Waals surface area (Å²) >= 11 is 0. The standard InChI is InChI=1S/C14H19N3O2/c1-10(18)16-11-4-2-5-12(8-11)17-13(19)14(9-15)6-3-7-14/h2,4-5,8H,3,6-7,9,15H2,1H3,(H,16,18)(H,17,19). The predicted octanol–water partition coefficient (Wildman–Crippen LogP) is 1.71. The van der Waals surface area contributed by atoms with Crippen LogP contribution in [-0.4, -0.2) is 18.4 Å². The number of nitrogens with two attached hydrogens (primary N) is 1. The van der Waals surface area contributed by atoms with E-state index in [1.54, 1.807) is 24.3 Å². The molecule has 0 atom stereocenters. The van der Waals surface area contributed by atoms with E-state index in [-0.39, 0.29) is 11.8 Å². The van der Waals surface area contributed by atoms with Crippen LogP contribution in [0.4, 0.5) is 11.4 Å². The Hall–Kier alpha value is -1.88. The zero-order valence-electron chi connectivity index (χ0n) is 11.0. The average molecular weight is 261 g/mol. The van der Waals surface area contributed by atoms with Gasteiger partial charge in [-0.25, -0.2) is 0 Å². The second-order valence-electron chi connectivity index (χ2n) is 5.05. The Kier molecular flexibility index (Phi) is 3.85. The van der Waals surface area contributed by atoms with Gasteiger partial charge in [-0.05, 0) is 31.0 Å². The van der Waals surface area contributed by atoms with Crippen LogP contribution in [0.15, 0.2) is 24.3 Å². The summed E-state index contributed by atoms with van der Waals surface area (Å²) in [5, 5.41) is 5.56. The van der Waals surface area contributed by atoms with Crippen LogP contribution in [0.25, 0.3) is 0 Å². The van der Waals surface area contributed by atoms with Crippen molar-refractivity contribution in [3.63, 3.8) is 0 Å². The van der Waals surface area contributed by atoms with Crippen LogP contribution in [0.3, 0.4) is 0 Å². The number of hydrogen-bond acceptors (Lipinski definition) is 3. The third kappa shape index (κ3) is 2.93. The van der Waals surface area contributed by atoms with E-state index in [2.05, 4.69) is 10.6 Å². The van der Waals surface area contributed by atoms with E-state index >= 15 is 0 Å². The Labute approximate surface area is 112 Å².